The topological polar surface area (TPSA) is 144 Å². The van der Waals surface area contributed by atoms with Gasteiger partial charge >= 0.3 is 6.03 Å². The van der Waals surface area contributed by atoms with Crippen molar-refractivity contribution in [3.05, 3.63) is 65.2 Å². The Bertz CT molecular complexity index is 980. The van der Waals surface area contributed by atoms with Crippen LogP contribution in [0.5, 0.6) is 11.5 Å². The molecule has 1 saturated heterocycles. The van der Waals surface area contributed by atoms with Crippen molar-refractivity contribution in [2.24, 2.45) is 0 Å². The van der Waals surface area contributed by atoms with Crippen LogP contribution in [0.4, 0.5) is 4.79 Å². The number of aliphatic carboxylic acids is 1. The average Bonchev–Trinajstić information content (AvgIpc) is 2.64. The van der Waals surface area contributed by atoms with E-state index in [0.29, 0.717) is 0 Å². The van der Waals surface area contributed by atoms with Crippen LogP contribution in [0.2, 0.25) is 0 Å². The lowest BCUT2D eigenvalue weighted by molar-refractivity contribution is -0.134. The van der Waals surface area contributed by atoms with E-state index >= 15 is 0 Å². The first-order valence-corrected chi connectivity index (χ1v) is 8.33. The van der Waals surface area contributed by atoms with E-state index in [-0.39, 0.29) is 29.2 Å². The monoisotopic (exact) mass is 398 g/mol. The van der Waals surface area contributed by atoms with Crippen LogP contribution < -0.4 is 5.32 Å². The van der Waals surface area contributed by atoms with Gasteiger partial charge < -0.3 is 15.3 Å². The van der Waals surface area contributed by atoms with Gasteiger partial charge in [-0.15, -0.1) is 0 Å². The van der Waals surface area contributed by atoms with E-state index in [9.17, 15) is 24.6 Å². The summed E-state index contributed by atoms with van der Waals surface area (Å²) in [7, 11) is 0. The Morgan fingerprint density at radius 1 is 1.07 bits per heavy atom. The maximum Gasteiger partial charge on any atom is 0.331 e. The maximum atomic E-state index is 12.6. The molecule has 2 aromatic carbocycles. The number of imide groups is 2. The molecule has 3 rings (SSSR count). The number of hydrogen-bond acceptors (Lipinski definition) is 6. The third kappa shape index (κ3) is 5.67. The number of amides is 4. The summed E-state index contributed by atoms with van der Waals surface area (Å²) in [5.74, 6) is -2.88. The van der Waals surface area contributed by atoms with Gasteiger partial charge in [-0.05, 0) is 23.8 Å². The molecule has 1 fully saturated rings. The predicted octanol–water partition coefficient (Wildman–Crippen LogP) is 1.85. The molecule has 9 nitrogen and oxygen atoms in total. The zero-order chi connectivity index (χ0) is 21.6. The summed E-state index contributed by atoms with van der Waals surface area (Å²) in [6.07, 6.45) is 1.18. The quantitative estimate of drug-likeness (QED) is 0.456. The fourth-order valence-corrected chi connectivity index (χ4v) is 2.41. The second-order valence-corrected chi connectivity index (χ2v) is 5.96. The largest absolute Gasteiger partial charge is 0.508 e. The Morgan fingerprint density at radius 3 is 2.28 bits per heavy atom. The highest BCUT2D eigenvalue weighted by molar-refractivity contribution is 6.31. The number of hydrogen-bond donors (Lipinski definition) is 4. The van der Waals surface area contributed by atoms with Crippen molar-refractivity contribution < 1.29 is 34.5 Å². The summed E-state index contributed by atoms with van der Waals surface area (Å²) < 4.78 is 0. The minimum absolute atomic E-state index is 0.0116. The van der Waals surface area contributed by atoms with Crippen LogP contribution in [-0.4, -0.2) is 44.0 Å². The zero-order valence-corrected chi connectivity index (χ0v) is 15.3. The first kappa shape index (κ1) is 21.2. The Kier molecular flexibility index (Phi) is 6.70. The Balaban J connectivity index is 0.000000687. The highest BCUT2D eigenvalue weighted by atomic mass is 16.4. The van der Waals surface area contributed by atoms with Crippen LogP contribution in [0.15, 0.2) is 54.1 Å². The van der Waals surface area contributed by atoms with Gasteiger partial charge in [0.05, 0.1) is 6.54 Å². The number of rotatable bonds is 3. The molecule has 0 aliphatic carbocycles. The molecule has 0 atom stereocenters. The Labute approximate surface area is 165 Å². The molecule has 29 heavy (non-hydrogen) atoms. The molecule has 4 amide bonds. The lowest BCUT2D eigenvalue weighted by Gasteiger charge is -2.26. The number of phenols is 2. The van der Waals surface area contributed by atoms with Crippen molar-refractivity contribution in [2.45, 2.75) is 13.5 Å². The molecule has 1 aliphatic heterocycles. The van der Waals surface area contributed by atoms with Crippen LogP contribution in [0.25, 0.3) is 6.08 Å². The molecule has 0 spiro atoms. The highest BCUT2D eigenvalue weighted by Gasteiger charge is 2.35. The van der Waals surface area contributed by atoms with Gasteiger partial charge in [0.2, 0.25) is 0 Å². The fourth-order valence-electron chi connectivity index (χ4n) is 2.41. The molecule has 0 aromatic heterocycles. The number of carboxylic acids is 1. The summed E-state index contributed by atoms with van der Waals surface area (Å²) in [6.45, 7) is 1.09. The van der Waals surface area contributed by atoms with Gasteiger partial charge in [-0.3, -0.25) is 24.6 Å². The average molecular weight is 398 g/mol. The summed E-state index contributed by atoms with van der Waals surface area (Å²) >= 11 is 0. The number of carboxylic acid groups (broad SMARTS) is 1. The SMILES string of the molecule is CC(=O)O.O=C1NC(=O)N(Cc2ccccc2)C(=O)C1=Cc1ccc(O)cc1O. The molecule has 0 saturated carbocycles. The molecule has 150 valence electrons. The summed E-state index contributed by atoms with van der Waals surface area (Å²) in [4.78, 5) is 46.5. The number of carbonyl (C=O) groups is 4. The summed E-state index contributed by atoms with van der Waals surface area (Å²) in [5, 5.41) is 28.7. The van der Waals surface area contributed by atoms with Crippen LogP contribution in [0.3, 0.4) is 0 Å². The minimum atomic E-state index is -0.841. The van der Waals surface area contributed by atoms with Gasteiger partial charge in [-0.2, -0.15) is 0 Å². The number of urea groups is 1. The van der Waals surface area contributed by atoms with E-state index in [1.807, 2.05) is 6.07 Å². The molecular formula is C20H18N2O7. The van der Waals surface area contributed by atoms with Gasteiger partial charge in [-0.1, -0.05) is 30.3 Å². The van der Waals surface area contributed by atoms with Crippen molar-refractivity contribution >= 4 is 29.9 Å². The molecule has 9 heteroatoms. The van der Waals surface area contributed by atoms with E-state index in [1.165, 1.54) is 18.2 Å². The van der Waals surface area contributed by atoms with Gasteiger partial charge in [0.25, 0.3) is 17.8 Å². The second kappa shape index (κ2) is 9.18. The summed E-state index contributed by atoms with van der Waals surface area (Å²) in [5.41, 5.74) is 0.619. The Hall–Kier alpha value is -4.14. The van der Waals surface area contributed by atoms with Gasteiger partial charge in [0.1, 0.15) is 17.1 Å². The summed E-state index contributed by atoms with van der Waals surface area (Å²) in [6, 6.07) is 11.8. The zero-order valence-electron chi connectivity index (χ0n) is 15.3. The van der Waals surface area contributed by atoms with Crippen LogP contribution in [0, 0.1) is 0 Å². The van der Waals surface area contributed by atoms with E-state index in [4.69, 9.17) is 9.90 Å². The van der Waals surface area contributed by atoms with Gasteiger partial charge in [0, 0.05) is 18.6 Å². The van der Waals surface area contributed by atoms with Crippen molar-refractivity contribution in [2.75, 3.05) is 0 Å². The lowest BCUT2D eigenvalue weighted by Crippen LogP contribution is -2.53. The van der Waals surface area contributed by atoms with Crippen molar-refractivity contribution in [1.82, 2.24) is 10.2 Å². The second-order valence-electron chi connectivity index (χ2n) is 5.96. The predicted molar refractivity (Wildman–Crippen MR) is 102 cm³/mol. The lowest BCUT2D eigenvalue weighted by atomic mass is 10.1. The molecule has 0 unspecified atom stereocenters. The van der Waals surface area contributed by atoms with E-state index in [1.54, 1.807) is 24.3 Å². The van der Waals surface area contributed by atoms with Crippen LogP contribution in [0.1, 0.15) is 18.1 Å². The molecule has 0 bridgehead atoms. The molecule has 4 N–H and O–H groups in total. The molecule has 1 aliphatic rings. The molecule has 2 aromatic rings. The van der Waals surface area contributed by atoms with Gasteiger partial charge in [-0.25, -0.2) is 4.79 Å². The van der Waals surface area contributed by atoms with Crippen molar-refractivity contribution in [3.8, 4) is 11.5 Å². The van der Waals surface area contributed by atoms with E-state index in [2.05, 4.69) is 5.32 Å². The number of carbonyl (C=O) groups excluding carboxylic acids is 3. The first-order chi connectivity index (χ1) is 13.7. The minimum Gasteiger partial charge on any atom is -0.508 e. The fraction of sp³-hybridized carbons (Fsp3) is 0.100. The van der Waals surface area contributed by atoms with Crippen molar-refractivity contribution in [1.29, 1.82) is 0 Å². The normalized spacial score (nSPS) is 14.9. The number of benzene rings is 2. The molecule has 0 radical (unpaired) electrons. The van der Waals surface area contributed by atoms with E-state index < -0.39 is 23.8 Å². The molecular weight excluding hydrogens is 380 g/mol. The number of phenolic OH excluding ortho intramolecular Hbond substituents is 2. The number of aromatic hydroxyl groups is 2. The first-order valence-electron chi connectivity index (χ1n) is 8.33. The molecule has 1 heterocycles. The van der Waals surface area contributed by atoms with Crippen LogP contribution in [-0.2, 0) is 20.9 Å². The Morgan fingerprint density at radius 2 is 1.69 bits per heavy atom. The number of barbiturate groups is 1. The van der Waals surface area contributed by atoms with Crippen molar-refractivity contribution in [3.63, 3.8) is 0 Å². The van der Waals surface area contributed by atoms with E-state index in [0.717, 1.165) is 23.5 Å². The maximum absolute atomic E-state index is 12.6. The number of nitrogens with one attached hydrogen (secondary N) is 1. The third-order valence-electron chi connectivity index (χ3n) is 3.68. The number of nitrogens with zero attached hydrogens (tertiary/aromatic N) is 1. The van der Waals surface area contributed by atoms with Gasteiger partial charge in [0.15, 0.2) is 0 Å². The third-order valence-corrected chi connectivity index (χ3v) is 3.68. The standard InChI is InChI=1S/C18H14N2O5.C2H4O2/c21-13-7-6-12(15(22)9-13)8-14-16(23)19-18(25)20(17(14)24)10-11-4-2-1-3-5-11;1-2(3)4/h1-9,21-22H,10H2,(H,19,23,25);1H3,(H,3,4). The smallest absolute Gasteiger partial charge is 0.331 e. The van der Waals surface area contributed by atoms with Crippen LogP contribution >= 0.6 is 0 Å². The highest BCUT2D eigenvalue weighted by Crippen LogP contribution is 2.26.